The van der Waals surface area contributed by atoms with E-state index in [1.165, 1.54) is 11.1 Å². The Morgan fingerprint density at radius 1 is 1.15 bits per heavy atom. The van der Waals surface area contributed by atoms with Crippen molar-refractivity contribution < 1.29 is 4.79 Å². The topological polar surface area (TPSA) is 53.7 Å². The minimum Gasteiger partial charge on any atom is -0.335 e. The fourth-order valence-electron chi connectivity index (χ4n) is 3.28. The highest BCUT2D eigenvalue weighted by Gasteiger charge is 2.27. The maximum Gasteiger partial charge on any atom is 0.276 e. The van der Waals surface area contributed by atoms with E-state index >= 15 is 0 Å². The van der Waals surface area contributed by atoms with Crippen LogP contribution in [0, 0.1) is 6.92 Å². The molecule has 1 aliphatic heterocycles. The molecule has 7 heteroatoms. The molecule has 1 amide bonds. The number of carbonyl (C=O) groups excluding carboxylic acids is 1. The molecule has 1 saturated heterocycles. The second-order valence-corrected chi connectivity index (χ2v) is 6.92. The molecule has 0 unspecified atom stereocenters. The van der Waals surface area contributed by atoms with Crippen LogP contribution in [0.25, 0.3) is 5.65 Å². The molecule has 1 aliphatic rings. The van der Waals surface area contributed by atoms with Gasteiger partial charge in [0.15, 0.2) is 11.3 Å². The van der Waals surface area contributed by atoms with Gasteiger partial charge in [0.1, 0.15) is 5.02 Å². The van der Waals surface area contributed by atoms with E-state index in [1.54, 1.807) is 23.0 Å². The van der Waals surface area contributed by atoms with Crippen molar-refractivity contribution in [1.82, 2.24) is 24.4 Å². The molecule has 6 nitrogen and oxygen atoms in total. The summed E-state index contributed by atoms with van der Waals surface area (Å²) in [7, 11) is 0. The van der Waals surface area contributed by atoms with Crippen LogP contribution in [0.4, 0.5) is 0 Å². The summed E-state index contributed by atoms with van der Waals surface area (Å²) in [5.41, 5.74) is 3.42. The average molecular weight is 370 g/mol. The third-order valence-electron chi connectivity index (χ3n) is 4.86. The van der Waals surface area contributed by atoms with Crippen LogP contribution in [0.5, 0.6) is 0 Å². The van der Waals surface area contributed by atoms with Crippen molar-refractivity contribution in [1.29, 1.82) is 0 Å². The number of halogens is 1. The van der Waals surface area contributed by atoms with Gasteiger partial charge in [0.2, 0.25) is 0 Å². The Hall–Kier alpha value is -2.44. The van der Waals surface area contributed by atoms with Crippen LogP contribution in [0.2, 0.25) is 5.02 Å². The second kappa shape index (κ2) is 7.05. The van der Waals surface area contributed by atoms with E-state index in [-0.39, 0.29) is 11.6 Å². The lowest BCUT2D eigenvalue weighted by atomic mass is 10.1. The highest BCUT2D eigenvalue weighted by Crippen LogP contribution is 2.22. The van der Waals surface area contributed by atoms with Crippen molar-refractivity contribution in [2.45, 2.75) is 13.5 Å². The Morgan fingerprint density at radius 3 is 2.65 bits per heavy atom. The van der Waals surface area contributed by atoms with E-state index in [2.05, 4.69) is 46.2 Å². The highest BCUT2D eigenvalue weighted by atomic mass is 35.5. The van der Waals surface area contributed by atoms with E-state index in [0.29, 0.717) is 23.8 Å². The van der Waals surface area contributed by atoms with E-state index in [9.17, 15) is 4.79 Å². The van der Waals surface area contributed by atoms with Crippen LogP contribution in [0.1, 0.15) is 21.6 Å². The summed E-state index contributed by atoms with van der Waals surface area (Å²) < 4.78 is 1.55. The first kappa shape index (κ1) is 17.0. The molecule has 1 aromatic carbocycles. The summed E-state index contributed by atoms with van der Waals surface area (Å²) in [6.45, 7) is 6.06. The number of benzene rings is 1. The molecule has 3 heterocycles. The molecule has 134 valence electrons. The summed E-state index contributed by atoms with van der Waals surface area (Å²) in [6.07, 6.45) is 3.38. The smallest absolute Gasteiger partial charge is 0.276 e. The summed E-state index contributed by atoms with van der Waals surface area (Å²) in [6, 6.07) is 10.2. The second-order valence-electron chi connectivity index (χ2n) is 6.55. The van der Waals surface area contributed by atoms with Gasteiger partial charge in [0.05, 0.1) is 0 Å². The van der Waals surface area contributed by atoms with Gasteiger partial charge in [-0.1, -0.05) is 35.9 Å². The molecule has 0 atom stereocenters. The summed E-state index contributed by atoms with van der Waals surface area (Å²) in [5, 5.41) is 4.62. The van der Waals surface area contributed by atoms with Crippen LogP contribution in [0.15, 0.2) is 42.7 Å². The number of nitrogens with zero attached hydrogens (tertiary/aromatic N) is 5. The molecule has 3 aromatic rings. The predicted octanol–water partition coefficient (Wildman–Crippen LogP) is 2.65. The third-order valence-corrected chi connectivity index (χ3v) is 5.20. The molecular formula is C19H20ClN5O. The van der Waals surface area contributed by atoms with Crippen LogP contribution in [-0.4, -0.2) is 56.5 Å². The molecule has 1 fully saturated rings. The van der Waals surface area contributed by atoms with Crippen LogP contribution >= 0.6 is 11.6 Å². The highest BCUT2D eigenvalue weighted by molar-refractivity contribution is 6.36. The van der Waals surface area contributed by atoms with Crippen LogP contribution < -0.4 is 0 Å². The van der Waals surface area contributed by atoms with E-state index in [4.69, 9.17) is 11.6 Å². The number of hydrogen-bond donors (Lipinski definition) is 0. The number of hydrogen-bond acceptors (Lipinski definition) is 4. The Bertz CT molecular complexity index is 946. The SMILES string of the molecule is Cc1ccccc1CN1CCN(C(=O)c2nn3cccnc3c2Cl)CC1. The van der Waals surface area contributed by atoms with Gasteiger partial charge in [-0.05, 0) is 24.1 Å². The minimum atomic E-state index is -0.129. The fourth-order valence-corrected chi connectivity index (χ4v) is 3.54. The number of aryl methyl sites for hydroxylation is 1. The van der Waals surface area contributed by atoms with Crippen molar-refractivity contribution in [3.05, 3.63) is 64.6 Å². The number of piperazine rings is 1. The molecule has 0 aliphatic carbocycles. The lowest BCUT2D eigenvalue weighted by Gasteiger charge is -2.34. The van der Waals surface area contributed by atoms with Gasteiger partial charge in [-0.15, -0.1) is 0 Å². The normalized spacial score (nSPS) is 15.5. The first-order valence-corrected chi connectivity index (χ1v) is 9.06. The lowest BCUT2D eigenvalue weighted by Crippen LogP contribution is -2.48. The first-order chi connectivity index (χ1) is 12.6. The predicted molar refractivity (Wildman–Crippen MR) is 100 cm³/mol. The molecule has 0 bridgehead atoms. The van der Waals surface area contributed by atoms with Crippen molar-refractivity contribution in [3.63, 3.8) is 0 Å². The average Bonchev–Trinajstić information content (AvgIpc) is 3.01. The maximum atomic E-state index is 12.8. The monoisotopic (exact) mass is 369 g/mol. The maximum absolute atomic E-state index is 12.8. The zero-order valence-corrected chi connectivity index (χ0v) is 15.4. The largest absolute Gasteiger partial charge is 0.335 e. The molecular weight excluding hydrogens is 350 g/mol. The number of aromatic nitrogens is 3. The first-order valence-electron chi connectivity index (χ1n) is 8.68. The zero-order chi connectivity index (χ0) is 18.1. The minimum absolute atomic E-state index is 0.129. The Kier molecular flexibility index (Phi) is 4.61. The van der Waals surface area contributed by atoms with Gasteiger partial charge in [0, 0.05) is 45.1 Å². The van der Waals surface area contributed by atoms with Crippen LogP contribution in [-0.2, 0) is 6.54 Å². The van der Waals surface area contributed by atoms with Crippen molar-refractivity contribution in [3.8, 4) is 0 Å². The van der Waals surface area contributed by atoms with E-state index in [0.717, 1.165) is 19.6 Å². The zero-order valence-electron chi connectivity index (χ0n) is 14.6. The molecule has 0 radical (unpaired) electrons. The quantitative estimate of drug-likeness (QED) is 0.712. The molecule has 0 saturated carbocycles. The fraction of sp³-hybridized carbons (Fsp3) is 0.316. The van der Waals surface area contributed by atoms with E-state index < -0.39 is 0 Å². The van der Waals surface area contributed by atoms with Gasteiger partial charge < -0.3 is 4.90 Å². The van der Waals surface area contributed by atoms with Crippen molar-refractivity contribution >= 4 is 23.2 Å². The Labute approximate surface area is 157 Å². The van der Waals surface area contributed by atoms with Gasteiger partial charge in [-0.25, -0.2) is 9.50 Å². The van der Waals surface area contributed by atoms with Gasteiger partial charge in [-0.3, -0.25) is 9.69 Å². The third kappa shape index (κ3) is 3.18. The Morgan fingerprint density at radius 2 is 1.92 bits per heavy atom. The molecule has 0 spiro atoms. The molecule has 26 heavy (non-hydrogen) atoms. The number of fused-ring (bicyclic) bond motifs is 1. The van der Waals surface area contributed by atoms with Crippen molar-refractivity contribution in [2.24, 2.45) is 0 Å². The summed E-state index contributed by atoms with van der Waals surface area (Å²) in [4.78, 5) is 21.2. The molecule has 0 N–H and O–H groups in total. The Balaban J connectivity index is 1.43. The summed E-state index contributed by atoms with van der Waals surface area (Å²) in [5.74, 6) is -0.129. The number of carbonyl (C=O) groups is 1. The molecule has 2 aromatic heterocycles. The standard InChI is InChI=1S/C19H20ClN5O/c1-14-5-2-3-6-15(14)13-23-9-11-24(12-10-23)19(26)17-16(20)18-21-7-4-8-25(18)22-17/h2-8H,9-13H2,1H3. The van der Waals surface area contributed by atoms with Gasteiger partial charge in [-0.2, -0.15) is 5.10 Å². The number of rotatable bonds is 3. The summed E-state index contributed by atoms with van der Waals surface area (Å²) >= 11 is 6.32. The molecule has 4 rings (SSSR count). The van der Waals surface area contributed by atoms with Crippen molar-refractivity contribution in [2.75, 3.05) is 26.2 Å². The van der Waals surface area contributed by atoms with E-state index in [1.807, 2.05) is 4.90 Å². The lowest BCUT2D eigenvalue weighted by molar-refractivity contribution is 0.0622. The van der Waals surface area contributed by atoms with Gasteiger partial charge >= 0.3 is 0 Å². The van der Waals surface area contributed by atoms with Gasteiger partial charge in [0.25, 0.3) is 5.91 Å². The van der Waals surface area contributed by atoms with Crippen LogP contribution in [0.3, 0.4) is 0 Å². The number of amides is 1.